The number of benzene rings is 1. The minimum atomic E-state index is -0.852. The normalized spacial score (nSPS) is 9.50. The molecule has 0 aromatic heterocycles. The molecular weight excluding hydrogens is 212 g/mol. The van der Waals surface area contributed by atoms with E-state index >= 15 is 0 Å². The smallest absolute Gasteiger partial charge is 0.253 e. The molecule has 1 aromatic carbocycles. The van der Waals surface area contributed by atoms with Gasteiger partial charge in [0.1, 0.15) is 5.75 Å². The molecule has 6 nitrogen and oxygen atoms in total. The van der Waals surface area contributed by atoms with E-state index in [4.69, 9.17) is 16.2 Å². The molecule has 0 saturated carbocycles. The molecule has 1 radical (unpaired) electrons. The van der Waals surface area contributed by atoms with Crippen LogP contribution in [0.4, 0.5) is 0 Å². The third-order valence-electron chi connectivity index (χ3n) is 1.82. The quantitative estimate of drug-likeness (QED) is 0.689. The van der Waals surface area contributed by atoms with Crippen LogP contribution in [-0.2, 0) is 4.79 Å². The third kappa shape index (κ3) is 2.35. The Bertz CT molecular complexity index is 442. The fourth-order valence-corrected chi connectivity index (χ4v) is 1.22. The van der Waals surface area contributed by atoms with Gasteiger partial charge < -0.3 is 16.2 Å². The van der Waals surface area contributed by atoms with Gasteiger partial charge in [0.05, 0.1) is 11.1 Å². The zero-order valence-corrected chi connectivity index (χ0v) is 8.23. The van der Waals surface area contributed by atoms with Gasteiger partial charge in [0.2, 0.25) is 12.2 Å². The Morgan fingerprint density at radius 3 is 2.44 bits per heavy atom. The van der Waals surface area contributed by atoms with Crippen molar-refractivity contribution in [2.24, 2.45) is 11.5 Å². The first kappa shape index (κ1) is 11.7. The summed E-state index contributed by atoms with van der Waals surface area (Å²) in [4.78, 5) is 32.2. The number of carbonyl (C=O) groups is 2. The van der Waals surface area contributed by atoms with Gasteiger partial charge in [-0.25, -0.2) is 0 Å². The topological polar surface area (TPSA) is 112 Å². The average molecular weight is 221 g/mol. The number of primary amides is 2. The van der Waals surface area contributed by atoms with Crippen LogP contribution < -0.4 is 16.2 Å². The standard InChI is InChI=1S/C10H9N2O4/c11-9(14)6-2-1-3-7(16-5-4-13)8(6)10(12)15/h1-3H,5H2,(H2,11,14)(H2,12,15). The van der Waals surface area contributed by atoms with Crippen LogP contribution in [0.25, 0.3) is 0 Å². The van der Waals surface area contributed by atoms with Crippen LogP contribution in [0.15, 0.2) is 18.2 Å². The van der Waals surface area contributed by atoms with E-state index in [0.29, 0.717) is 0 Å². The lowest BCUT2D eigenvalue weighted by Gasteiger charge is -2.09. The molecule has 2 amide bonds. The molecule has 0 aliphatic heterocycles. The second kappa shape index (κ2) is 4.92. The van der Waals surface area contributed by atoms with Gasteiger partial charge in [-0.05, 0) is 12.1 Å². The molecule has 16 heavy (non-hydrogen) atoms. The summed E-state index contributed by atoms with van der Waals surface area (Å²) in [6.45, 7) is -0.359. The van der Waals surface area contributed by atoms with Crippen LogP contribution in [0.2, 0.25) is 0 Å². The number of ether oxygens (including phenoxy) is 1. The molecule has 83 valence electrons. The van der Waals surface area contributed by atoms with Gasteiger partial charge in [-0.15, -0.1) is 0 Å². The first-order valence-corrected chi connectivity index (χ1v) is 4.28. The average Bonchev–Trinajstić information content (AvgIpc) is 2.25. The highest BCUT2D eigenvalue weighted by atomic mass is 16.5. The van der Waals surface area contributed by atoms with Crippen molar-refractivity contribution in [3.8, 4) is 5.75 Å². The number of hydrogen-bond donors (Lipinski definition) is 2. The van der Waals surface area contributed by atoms with Crippen LogP contribution >= 0.6 is 0 Å². The fourth-order valence-electron chi connectivity index (χ4n) is 1.22. The summed E-state index contributed by atoms with van der Waals surface area (Å²) in [5.74, 6) is -1.61. The van der Waals surface area contributed by atoms with Gasteiger partial charge in [0, 0.05) is 0 Å². The molecule has 0 spiro atoms. The van der Waals surface area contributed by atoms with Crippen molar-refractivity contribution in [1.82, 2.24) is 0 Å². The Morgan fingerprint density at radius 1 is 1.25 bits per heavy atom. The van der Waals surface area contributed by atoms with Crippen molar-refractivity contribution in [3.63, 3.8) is 0 Å². The van der Waals surface area contributed by atoms with Gasteiger partial charge >= 0.3 is 0 Å². The van der Waals surface area contributed by atoms with Crippen LogP contribution in [0.1, 0.15) is 20.7 Å². The van der Waals surface area contributed by atoms with E-state index in [2.05, 4.69) is 0 Å². The minimum absolute atomic E-state index is 0.0344. The Balaban J connectivity index is 3.26. The molecule has 0 heterocycles. The van der Waals surface area contributed by atoms with Gasteiger partial charge in [0.15, 0.2) is 6.61 Å². The first-order valence-electron chi connectivity index (χ1n) is 4.28. The Kier molecular flexibility index (Phi) is 3.60. The van der Waals surface area contributed by atoms with E-state index < -0.39 is 11.8 Å². The zero-order chi connectivity index (χ0) is 12.1. The van der Waals surface area contributed by atoms with Gasteiger partial charge in [0.25, 0.3) is 5.91 Å². The lowest BCUT2D eigenvalue weighted by Crippen LogP contribution is -2.21. The van der Waals surface area contributed by atoms with Gasteiger partial charge in [-0.2, -0.15) is 0 Å². The molecular formula is C10H9N2O4. The van der Waals surface area contributed by atoms with Crippen LogP contribution in [0, 0.1) is 0 Å². The minimum Gasteiger partial charge on any atom is -0.484 e. The van der Waals surface area contributed by atoms with Crippen molar-refractivity contribution < 1.29 is 19.1 Å². The van der Waals surface area contributed by atoms with E-state index in [1.807, 2.05) is 0 Å². The van der Waals surface area contributed by atoms with Crippen molar-refractivity contribution in [3.05, 3.63) is 29.3 Å². The van der Waals surface area contributed by atoms with Crippen molar-refractivity contribution >= 4 is 18.1 Å². The molecule has 6 heteroatoms. The summed E-state index contributed by atoms with van der Waals surface area (Å²) in [5, 5.41) is 0. The van der Waals surface area contributed by atoms with E-state index in [1.165, 1.54) is 24.5 Å². The highest BCUT2D eigenvalue weighted by molar-refractivity contribution is 6.07. The number of hydrogen-bond acceptors (Lipinski definition) is 4. The van der Waals surface area contributed by atoms with E-state index in [9.17, 15) is 14.4 Å². The Morgan fingerprint density at radius 2 is 1.94 bits per heavy atom. The number of amides is 2. The molecule has 1 aromatic rings. The predicted molar refractivity (Wildman–Crippen MR) is 54.7 cm³/mol. The maximum absolute atomic E-state index is 11.1. The SMILES string of the molecule is NC(=O)c1cccc(OC[C]=O)c1C(N)=O. The molecule has 0 aliphatic carbocycles. The van der Waals surface area contributed by atoms with Crippen LogP contribution in [0.5, 0.6) is 5.75 Å². The number of rotatable bonds is 5. The zero-order valence-electron chi connectivity index (χ0n) is 8.23. The maximum atomic E-state index is 11.1. The monoisotopic (exact) mass is 221 g/mol. The summed E-state index contributed by atoms with van der Waals surface area (Å²) >= 11 is 0. The summed E-state index contributed by atoms with van der Waals surface area (Å²) in [5.41, 5.74) is 9.99. The molecule has 0 aliphatic rings. The lowest BCUT2D eigenvalue weighted by molar-refractivity contribution is 0.0964. The summed E-state index contributed by atoms with van der Waals surface area (Å²) in [7, 11) is 0. The molecule has 0 fully saturated rings. The highest BCUT2D eigenvalue weighted by Gasteiger charge is 2.18. The maximum Gasteiger partial charge on any atom is 0.253 e. The fraction of sp³-hybridized carbons (Fsp3) is 0.100. The Hall–Kier alpha value is -2.37. The predicted octanol–water partition coefficient (Wildman–Crippen LogP) is -0.627. The third-order valence-corrected chi connectivity index (χ3v) is 1.82. The highest BCUT2D eigenvalue weighted by Crippen LogP contribution is 2.21. The summed E-state index contributed by atoms with van der Waals surface area (Å²) < 4.78 is 4.91. The largest absolute Gasteiger partial charge is 0.484 e. The van der Waals surface area contributed by atoms with Crippen molar-refractivity contribution in [2.75, 3.05) is 6.61 Å². The molecule has 4 N–H and O–H groups in total. The summed E-state index contributed by atoms with van der Waals surface area (Å²) in [6.07, 6.45) is 1.49. The van der Waals surface area contributed by atoms with E-state index in [1.54, 1.807) is 0 Å². The molecule has 0 bridgehead atoms. The second-order valence-corrected chi connectivity index (χ2v) is 2.84. The first-order chi connectivity index (χ1) is 7.57. The summed E-state index contributed by atoms with van der Waals surface area (Å²) in [6, 6.07) is 4.22. The molecule has 0 atom stereocenters. The second-order valence-electron chi connectivity index (χ2n) is 2.84. The molecule has 1 rings (SSSR count). The van der Waals surface area contributed by atoms with E-state index in [0.717, 1.165) is 0 Å². The lowest BCUT2D eigenvalue weighted by atomic mass is 10.1. The number of nitrogens with two attached hydrogens (primary N) is 2. The molecule has 0 saturated heterocycles. The van der Waals surface area contributed by atoms with E-state index in [-0.39, 0.29) is 23.5 Å². The van der Waals surface area contributed by atoms with Gasteiger partial charge in [-0.3, -0.25) is 14.4 Å². The van der Waals surface area contributed by atoms with Gasteiger partial charge in [-0.1, -0.05) is 6.07 Å². The Labute approximate surface area is 91.2 Å². The van der Waals surface area contributed by atoms with Crippen molar-refractivity contribution in [2.45, 2.75) is 0 Å². The van der Waals surface area contributed by atoms with Crippen LogP contribution in [-0.4, -0.2) is 24.7 Å². The van der Waals surface area contributed by atoms with Crippen molar-refractivity contribution in [1.29, 1.82) is 0 Å². The molecule has 0 unspecified atom stereocenters. The van der Waals surface area contributed by atoms with Crippen LogP contribution in [0.3, 0.4) is 0 Å². The number of carbonyl (C=O) groups excluding carboxylic acids is 3.